The van der Waals surface area contributed by atoms with Gasteiger partial charge in [0.2, 0.25) is 0 Å². The number of carbonyl (C=O) groups is 1. The van der Waals surface area contributed by atoms with Gasteiger partial charge in [-0.1, -0.05) is 0 Å². The van der Waals surface area contributed by atoms with Crippen molar-refractivity contribution >= 4 is 11.6 Å². The van der Waals surface area contributed by atoms with Gasteiger partial charge < -0.3 is 14.8 Å². The largest absolute Gasteiger partial charge is 0.573 e. The van der Waals surface area contributed by atoms with Crippen LogP contribution in [0, 0.1) is 18.6 Å². The molecule has 3 aromatic rings. The molecule has 0 radical (unpaired) electrons. The fourth-order valence-corrected chi connectivity index (χ4v) is 2.79. The Bertz CT molecular complexity index is 1200. The Morgan fingerprint density at radius 3 is 2.00 bits per heavy atom. The second-order valence-electron chi connectivity index (χ2n) is 6.87. The summed E-state index contributed by atoms with van der Waals surface area (Å²) in [6.07, 6.45) is -10.1. The van der Waals surface area contributed by atoms with E-state index in [2.05, 4.69) is 10.1 Å². The van der Waals surface area contributed by atoms with E-state index >= 15 is 0 Å². The fraction of sp³-hybridized carbons (Fsp3) is 0.136. The quantitative estimate of drug-likeness (QED) is 0.383. The molecule has 0 aromatic heterocycles. The van der Waals surface area contributed by atoms with Crippen molar-refractivity contribution in [2.45, 2.75) is 19.5 Å². The molecule has 0 saturated heterocycles. The van der Waals surface area contributed by atoms with Crippen LogP contribution in [0.25, 0.3) is 0 Å². The van der Waals surface area contributed by atoms with Crippen molar-refractivity contribution in [2.75, 3.05) is 5.32 Å². The molecule has 180 valence electrons. The van der Waals surface area contributed by atoms with Crippen LogP contribution in [0.5, 0.6) is 17.2 Å². The molecule has 12 heteroatoms. The second kappa shape index (κ2) is 9.20. The van der Waals surface area contributed by atoms with E-state index in [0.29, 0.717) is 6.07 Å². The van der Waals surface area contributed by atoms with Gasteiger partial charge in [0.05, 0.1) is 11.1 Å². The van der Waals surface area contributed by atoms with Gasteiger partial charge in [0.15, 0.2) is 0 Å². The van der Waals surface area contributed by atoms with Crippen LogP contribution < -0.4 is 14.8 Å². The third-order valence-electron chi connectivity index (χ3n) is 4.32. The van der Waals surface area contributed by atoms with Gasteiger partial charge in [-0.25, -0.2) is 8.78 Å². The zero-order chi connectivity index (χ0) is 25.3. The Morgan fingerprint density at radius 1 is 0.824 bits per heavy atom. The minimum atomic E-state index is -5.13. The number of hydrogen-bond donors (Lipinski definition) is 1. The minimum Gasteiger partial charge on any atom is -0.457 e. The van der Waals surface area contributed by atoms with Gasteiger partial charge >= 0.3 is 12.5 Å². The summed E-state index contributed by atoms with van der Waals surface area (Å²) in [7, 11) is 0. The van der Waals surface area contributed by atoms with Gasteiger partial charge in [-0.2, -0.15) is 13.2 Å². The summed E-state index contributed by atoms with van der Waals surface area (Å²) in [5.74, 6) is -5.02. The predicted octanol–water partition coefficient (Wildman–Crippen LogP) is 7.24. The molecule has 0 unspecified atom stereocenters. The molecule has 3 rings (SSSR count). The molecule has 0 aliphatic rings. The molecule has 1 amide bonds. The third-order valence-corrected chi connectivity index (χ3v) is 4.32. The SMILES string of the molecule is Cc1cc(NC(=O)c2cc(F)c(C(F)(F)F)cc2Oc2ccc(OC(F)(F)F)cc2)ccc1F. The van der Waals surface area contributed by atoms with Crippen LogP contribution in [0.1, 0.15) is 21.5 Å². The van der Waals surface area contributed by atoms with E-state index in [9.17, 15) is 39.9 Å². The van der Waals surface area contributed by atoms with Gasteiger partial charge in [0, 0.05) is 5.69 Å². The van der Waals surface area contributed by atoms with Crippen molar-refractivity contribution in [1.82, 2.24) is 0 Å². The molecule has 3 aromatic carbocycles. The Morgan fingerprint density at radius 2 is 1.44 bits per heavy atom. The molecular formula is C22H13F8NO3. The van der Waals surface area contributed by atoms with E-state index in [1.54, 1.807) is 0 Å². The lowest BCUT2D eigenvalue weighted by molar-refractivity contribution is -0.274. The molecule has 4 nitrogen and oxygen atoms in total. The highest BCUT2D eigenvalue weighted by Crippen LogP contribution is 2.37. The molecule has 0 heterocycles. The normalized spacial score (nSPS) is 11.8. The number of amides is 1. The van der Waals surface area contributed by atoms with Crippen LogP contribution in [-0.4, -0.2) is 12.3 Å². The van der Waals surface area contributed by atoms with Crippen molar-refractivity contribution in [2.24, 2.45) is 0 Å². The first kappa shape index (κ1) is 24.8. The third kappa shape index (κ3) is 6.15. The van der Waals surface area contributed by atoms with Crippen LogP contribution in [0.15, 0.2) is 54.6 Å². The Kier molecular flexibility index (Phi) is 6.71. The van der Waals surface area contributed by atoms with Gasteiger partial charge in [-0.05, 0) is 67.1 Å². The zero-order valence-corrected chi connectivity index (χ0v) is 16.9. The molecule has 34 heavy (non-hydrogen) atoms. The number of rotatable bonds is 5. The number of halogens is 8. The Balaban J connectivity index is 1.96. The van der Waals surface area contributed by atoms with Crippen LogP contribution in [-0.2, 0) is 6.18 Å². The first-order valence-corrected chi connectivity index (χ1v) is 9.25. The minimum absolute atomic E-state index is 0.0730. The predicted molar refractivity (Wildman–Crippen MR) is 104 cm³/mol. The molecule has 1 N–H and O–H groups in total. The summed E-state index contributed by atoms with van der Waals surface area (Å²) >= 11 is 0. The highest BCUT2D eigenvalue weighted by atomic mass is 19.4. The van der Waals surface area contributed by atoms with Gasteiger partial charge in [-0.3, -0.25) is 4.79 Å². The summed E-state index contributed by atoms with van der Waals surface area (Å²) in [5.41, 5.74) is -2.14. The van der Waals surface area contributed by atoms with Crippen LogP contribution in [0.2, 0.25) is 0 Å². The maximum absolute atomic E-state index is 14.2. The number of anilines is 1. The number of hydrogen-bond acceptors (Lipinski definition) is 3. The van der Waals surface area contributed by atoms with Crippen LogP contribution in [0.3, 0.4) is 0 Å². The van der Waals surface area contributed by atoms with Gasteiger partial charge in [0.25, 0.3) is 5.91 Å². The maximum Gasteiger partial charge on any atom is 0.573 e. The summed E-state index contributed by atoms with van der Waals surface area (Å²) in [5, 5.41) is 2.29. The lowest BCUT2D eigenvalue weighted by Gasteiger charge is -2.16. The van der Waals surface area contributed by atoms with Gasteiger partial charge in [0.1, 0.15) is 28.9 Å². The smallest absolute Gasteiger partial charge is 0.457 e. The standard InChI is InChI=1S/C22H13F8NO3/c1-11-8-12(2-7-17(11)23)31-20(32)15-9-18(24)16(21(25,26)27)10-19(15)33-13-3-5-14(6-4-13)34-22(28,29)30/h2-10H,1H3,(H,31,32). The number of carbonyl (C=O) groups excluding carboxylic acids is 1. The maximum atomic E-state index is 14.2. The fourth-order valence-electron chi connectivity index (χ4n) is 2.79. The number of aryl methyl sites for hydroxylation is 1. The van der Waals surface area contributed by atoms with E-state index in [0.717, 1.165) is 30.3 Å². The topological polar surface area (TPSA) is 47.6 Å². The van der Waals surface area contributed by atoms with Gasteiger partial charge in [-0.15, -0.1) is 13.2 Å². The van der Waals surface area contributed by atoms with Crippen molar-refractivity contribution in [3.8, 4) is 17.2 Å². The monoisotopic (exact) mass is 491 g/mol. The number of nitrogens with one attached hydrogen (secondary N) is 1. The first-order valence-electron chi connectivity index (χ1n) is 9.25. The van der Waals surface area contributed by atoms with E-state index in [1.807, 2.05) is 0 Å². The van der Waals surface area contributed by atoms with Crippen molar-refractivity contribution in [3.05, 3.63) is 82.9 Å². The number of benzene rings is 3. The highest BCUT2D eigenvalue weighted by molar-refractivity contribution is 6.06. The molecule has 0 aliphatic carbocycles. The Hall–Kier alpha value is -3.83. The first-order chi connectivity index (χ1) is 15.7. The average molecular weight is 491 g/mol. The molecule has 0 bridgehead atoms. The number of ether oxygens (including phenoxy) is 2. The highest BCUT2D eigenvalue weighted by Gasteiger charge is 2.36. The van der Waals surface area contributed by atoms with Crippen LogP contribution in [0.4, 0.5) is 40.8 Å². The lowest BCUT2D eigenvalue weighted by Crippen LogP contribution is -2.17. The van der Waals surface area contributed by atoms with Crippen molar-refractivity contribution < 1.29 is 49.4 Å². The summed E-state index contributed by atoms with van der Waals surface area (Å²) < 4.78 is 113. The molecule has 0 aliphatic heterocycles. The summed E-state index contributed by atoms with van der Waals surface area (Å²) in [4.78, 5) is 12.7. The van der Waals surface area contributed by atoms with E-state index < -0.39 is 52.7 Å². The summed E-state index contributed by atoms with van der Waals surface area (Å²) in [6, 6.07) is 7.58. The number of alkyl halides is 6. The lowest BCUT2D eigenvalue weighted by atomic mass is 10.1. The molecular weight excluding hydrogens is 478 g/mol. The van der Waals surface area contributed by atoms with Crippen molar-refractivity contribution in [1.29, 1.82) is 0 Å². The molecule has 0 saturated carbocycles. The van der Waals surface area contributed by atoms with E-state index in [4.69, 9.17) is 4.74 Å². The van der Waals surface area contributed by atoms with Crippen LogP contribution >= 0.6 is 0 Å². The average Bonchev–Trinajstić information content (AvgIpc) is 2.71. The van der Waals surface area contributed by atoms with E-state index in [1.165, 1.54) is 19.1 Å². The second-order valence-corrected chi connectivity index (χ2v) is 6.87. The zero-order valence-electron chi connectivity index (χ0n) is 16.9. The molecule has 0 spiro atoms. The summed E-state index contributed by atoms with van der Waals surface area (Å²) in [6.45, 7) is 1.41. The van der Waals surface area contributed by atoms with E-state index in [-0.39, 0.29) is 23.1 Å². The Labute approximate surface area is 186 Å². The molecule has 0 atom stereocenters. The molecule has 0 fully saturated rings. The van der Waals surface area contributed by atoms with Crippen molar-refractivity contribution in [3.63, 3.8) is 0 Å².